The minimum absolute atomic E-state index is 0.149. The van der Waals surface area contributed by atoms with Crippen molar-refractivity contribution in [2.75, 3.05) is 6.54 Å². The molecular formula is C18H17Cl2NO. The van der Waals surface area contributed by atoms with Gasteiger partial charge in [-0.3, -0.25) is 4.79 Å². The summed E-state index contributed by atoms with van der Waals surface area (Å²) in [7, 11) is 0. The molecule has 0 fully saturated rings. The van der Waals surface area contributed by atoms with Crippen LogP contribution in [0.5, 0.6) is 0 Å². The van der Waals surface area contributed by atoms with Crippen LogP contribution in [0, 0.1) is 0 Å². The number of aryl methyl sites for hydroxylation is 1. The largest absolute Gasteiger partial charge is 0.353 e. The van der Waals surface area contributed by atoms with Crippen LogP contribution in [-0.4, -0.2) is 12.5 Å². The van der Waals surface area contributed by atoms with Gasteiger partial charge in [0.15, 0.2) is 0 Å². The van der Waals surface area contributed by atoms with Crippen LogP contribution in [0.25, 0.3) is 6.08 Å². The lowest BCUT2D eigenvalue weighted by Gasteiger charge is -2.03. The van der Waals surface area contributed by atoms with Gasteiger partial charge in [-0.15, -0.1) is 0 Å². The molecule has 22 heavy (non-hydrogen) atoms. The average molecular weight is 334 g/mol. The molecular weight excluding hydrogens is 317 g/mol. The number of nitrogens with one attached hydrogen (secondary N) is 1. The van der Waals surface area contributed by atoms with E-state index in [1.54, 1.807) is 24.3 Å². The number of rotatable bonds is 6. The lowest BCUT2D eigenvalue weighted by atomic mass is 10.1. The van der Waals surface area contributed by atoms with Gasteiger partial charge in [-0.1, -0.05) is 59.6 Å². The van der Waals surface area contributed by atoms with Gasteiger partial charge < -0.3 is 5.32 Å². The van der Waals surface area contributed by atoms with Gasteiger partial charge in [0.05, 0.1) is 0 Å². The zero-order valence-electron chi connectivity index (χ0n) is 12.1. The summed E-state index contributed by atoms with van der Waals surface area (Å²) < 4.78 is 0. The third kappa shape index (κ3) is 5.21. The minimum Gasteiger partial charge on any atom is -0.353 e. The Morgan fingerprint density at radius 3 is 2.36 bits per heavy atom. The Hall–Kier alpha value is -1.77. The fourth-order valence-electron chi connectivity index (χ4n) is 2.04. The topological polar surface area (TPSA) is 29.1 Å². The van der Waals surface area contributed by atoms with E-state index in [0.29, 0.717) is 22.2 Å². The molecule has 2 aromatic carbocycles. The summed E-state index contributed by atoms with van der Waals surface area (Å²) in [5, 5.41) is 3.91. The van der Waals surface area contributed by atoms with Gasteiger partial charge in [0.25, 0.3) is 0 Å². The molecule has 2 rings (SSSR count). The highest BCUT2D eigenvalue weighted by atomic mass is 35.5. The van der Waals surface area contributed by atoms with Crippen molar-refractivity contribution >= 4 is 35.2 Å². The molecule has 0 aliphatic heterocycles. The van der Waals surface area contributed by atoms with Gasteiger partial charge in [0.2, 0.25) is 5.91 Å². The van der Waals surface area contributed by atoms with Crippen molar-refractivity contribution < 1.29 is 4.79 Å². The molecule has 114 valence electrons. The van der Waals surface area contributed by atoms with E-state index in [1.165, 1.54) is 11.6 Å². The van der Waals surface area contributed by atoms with Crippen LogP contribution in [0.3, 0.4) is 0 Å². The number of carbonyl (C=O) groups is 1. The lowest BCUT2D eigenvalue weighted by molar-refractivity contribution is -0.116. The van der Waals surface area contributed by atoms with Crippen molar-refractivity contribution in [3.05, 3.63) is 75.8 Å². The Kier molecular flexibility index (Phi) is 6.50. The highest BCUT2D eigenvalue weighted by molar-refractivity contribution is 6.37. The van der Waals surface area contributed by atoms with Gasteiger partial charge in [0, 0.05) is 28.2 Å². The second kappa shape index (κ2) is 8.62. The summed E-state index contributed by atoms with van der Waals surface area (Å²) in [5.41, 5.74) is 1.93. The molecule has 0 heterocycles. The first-order valence-corrected chi connectivity index (χ1v) is 7.86. The molecule has 2 nitrogen and oxygen atoms in total. The van der Waals surface area contributed by atoms with E-state index in [0.717, 1.165) is 12.8 Å². The molecule has 0 aromatic heterocycles. The maximum atomic E-state index is 11.8. The maximum absolute atomic E-state index is 11.8. The molecule has 0 radical (unpaired) electrons. The zero-order chi connectivity index (χ0) is 15.8. The zero-order valence-corrected chi connectivity index (χ0v) is 13.6. The molecule has 0 aliphatic rings. The molecule has 0 atom stereocenters. The standard InChI is InChI=1S/C18H17Cl2NO/c19-16-9-4-10-17(20)15(16)11-12-18(22)21-13-5-8-14-6-2-1-3-7-14/h1-4,6-7,9-12H,5,8,13H2,(H,21,22). The molecule has 0 unspecified atom stereocenters. The van der Waals surface area contributed by atoms with Gasteiger partial charge in [-0.05, 0) is 36.6 Å². The first-order chi connectivity index (χ1) is 10.7. The molecule has 0 bridgehead atoms. The van der Waals surface area contributed by atoms with E-state index in [1.807, 2.05) is 18.2 Å². The monoisotopic (exact) mass is 333 g/mol. The van der Waals surface area contributed by atoms with Crippen LogP contribution in [0.2, 0.25) is 10.0 Å². The first kappa shape index (κ1) is 16.6. The summed E-state index contributed by atoms with van der Waals surface area (Å²) >= 11 is 12.1. The van der Waals surface area contributed by atoms with E-state index in [4.69, 9.17) is 23.2 Å². The molecule has 1 amide bonds. The van der Waals surface area contributed by atoms with Gasteiger partial charge in [0.1, 0.15) is 0 Å². The average Bonchev–Trinajstić information content (AvgIpc) is 2.52. The van der Waals surface area contributed by atoms with Gasteiger partial charge in [-0.2, -0.15) is 0 Å². The quantitative estimate of drug-likeness (QED) is 0.599. The van der Waals surface area contributed by atoms with Gasteiger partial charge in [-0.25, -0.2) is 0 Å². The highest BCUT2D eigenvalue weighted by Crippen LogP contribution is 2.25. The number of halogens is 2. The summed E-state index contributed by atoms with van der Waals surface area (Å²) in [6, 6.07) is 15.5. The Bertz CT molecular complexity index is 633. The van der Waals surface area contributed by atoms with Crippen LogP contribution in [-0.2, 0) is 11.2 Å². The van der Waals surface area contributed by atoms with Crippen LogP contribution < -0.4 is 5.32 Å². The molecule has 1 N–H and O–H groups in total. The maximum Gasteiger partial charge on any atom is 0.244 e. The predicted molar refractivity (Wildman–Crippen MR) is 93.3 cm³/mol. The lowest BCUT2D eigenvalue weighted by Crippen LogP contribution is -2.22. The minimum atomic E-state index is -0.149. The molecule has 4 heteroatoms. The summed E-state index contributed by atoms with van der Waals surface area (Å²) in [6.45, 7) is 0.633. The van der Waals surface area contributed by atoms with Crippen LogP contribution >= 0.6 is 23.2 Å². The van der Waals surface area contributed by atoms with Gasteiger partial charge >= 0.3 is 0 Å². The van der Waals surface area contributed by atoms with Crippen LogP contribution in [0.15, 0.2) is 54.6 Å². The van der Waals surface area contributed by atoms with Crippen molar-refractivity contribution in [2.24, 2.45) is 0 Å². The van der Waals surface area contributed by atoms with E-state index in [9.17, 15) is 4.79 Å². The van der Waals surface area contributed by atoms with Crippen molar-refractivity contribution in [3.63, 3.8) is 0 Å². The number of amides is 1. The highest BCUT2D eigenvalue weighted by Gasteiger charge is 2.02. The second-order valence-electron chi connectivity index (χ2n) is 4.85. The smallest absolute Gasteiger partial charge is 0.244 e. The normalized spacial score (nSPS) is 10.8. The number of carbonyl (C=O) groups excluding carboxylic acids is 1. The fourth-order valence-corrected chi connectivity index (χ4v) is 2.56. The Morgan fingerprint density at radius 1 is 1.00 bits per heavy atom. The second-order valence-corrected chi connectivity index (χ2v) is 5.66. The molecule has 0 saturated carbocycles. The van der Waals surface area contributed by atoms with E-state index < -0.39 is 0 Å². The molecule has 2 aromatic rings. The van der Waals surface area contributed by atoms with E-state index in [2.05, 4.69) is 17.4 Å². The summed E-state index contributed by atoms with van der Waals surface area (Å²) in [6.07, 6.45) is 4.93. The third-order valence-corrected chi connectivity index (χ3v) is 3.84. The van der Waals surface area contributed by atoms with Crippen LogP contribution in [0.1, 0.15) is 17.5 Å². The van der Waals surface area contributed by atoms with E-state index in [-0.39, 0.29) is 5.91 Å². The number of hydrogen-bond acceptors (Lipinski definition) is 1. The summed E-state index contributed by atoms with van der Waals surface area (Å²) in [4.78, 5) is 11.8. The Morgan fingerprint density at radius 2 is 1.68 bits per heavy atom. The molecule has 0 spiro atoms. The first-order valence-electron chi connectivity index (χ1n) is 7.10. The van der Waals surface area contributed by atoms with Crippen molar-refractivity contribution in [3.8, 4) is 0 Å². The predicted octanol–water partition coefficient (Wildman–Crippen LogP) is 4.76. The van der Waals surface area contributed by atoms with Crippen molar-refractivity contribution in [1.29, 1.82) is 0 Å². The molecule has 0 saturated heterocycles. The SMILES string of the molecule is O=C(C=Cc1c(Cl)cccc1Cl)NCCCc1ccccc1. The van der Waals surface area contributed by atoms with Crippen molar-refractivity contribution in [1.82, 2.24) is 5.32 Å². The number of benzene rings is 2. The Labute approximate surface area is 140 Å². The third-order valence-electron chi connectivity index (χ3n) is 3.19. The summed E-state index contributed by atoms with van der Waals surface area (Å²) in [5.74, 6) is -0.149. The Balaban J connectivity index is 1.77. The van der Waals surface area contributed by atoms with Crippen molar-refractivity contribution in [2.45, 2.75) is 12.8 Å². The van der Waals surface area contributed by atoms with Crippen LogP contribution in [0.4, 0.5) is 0 Å². The fraction of sp³-hybridized carbons (Fsp3) is 0.167. The molecule has 0 aliphatic carbocycles. The number of hydrogen-bond donors (Lipinski definition) is 1. The van der Waals surface area contributed by atoms with E-state index >= 15 is 0 Å².